The third-order valence-corrected chi connectivity index (χ3v) is 6.01. The van der Waals surface area contributed by atoms with Crippen molar-refractivity contribution < 1.29 is 29.0 Å². The van der Waals surface area contributed by atoms with Crippen LogP contribution in [0.5, 0.6) is 0 Å². The zero-order chi connectivity index (χ0) is 26.7. The minimum atomic E-state index is -1.13. The monoisotopic (exact) mass is 496 g/mol. The number of hydrogen-bond donors (Lipinski definition) is 3. The van der Waals surface area contributed by atoms with Crippen molar-refractivity contribution in [2.75, 3.05) is 24.7 Å². The Bertz CT molecular complexity index is 1020. The number of carboxylic acid groups (broad SMARTS) is 1. The lowest BCUT2D eigenvalue weighted by Crippen LogP contribution is -2.31. The van der Waals surface area contributed by atoms with Crippen LogP contribution in [0.2, 0.25) is 0 Å². The summed E-state index contributed by atoms with van der Waals surface area (Å²) in [6.45, 7) is 2.89. The lowest BCUT2D eigenvalue weighted by Gasteiger charge is -2.20. The number of azo groups is 1. The third-order valence-electron chi connectivity index (χ3n) is 6.01. The number of ether oxygens (including phenoxy) is 1. The van der Waals surface area contributed by atoms with Gasteiger partial charge in [0.25, 0.3) is 6.47 Å². The molecule has 0 heterocycles. The summed E-state index contributed by atoms with van der Waals surface area (Å²) in [5, 5.41) is 23.7. The number of carbonyl (C=O) groups excluding carboxylic acids is 3. The summed E-state index contributed by atoms with van der Waals surface area (Å²) in [5.74, 6) is -3.85. The molecule has 192 valence electrons. The van der Waals surface area contributed by atoms with Gasteiger partial charge in [-0.05, 0) is 68.8 Å². The molecule has 0 bridgehead atoms. The zero-order valence-electron chi connectivity index (χ0n) is 20.8. The first-order valence-corrected chi connectivity index (χ1v) is 11.5. The molecule has 0 amide bonds. The van der Waals surface area contributed by atoms with E-state index in [1.54, 1.807) is 0 Å². The summed E-state index contributed by atoms with van der Waals surface area (Å²) < 4.78 is 4.83. The summed E-state index contributed by atoms with van der Waals surface area (Å²) in [6.07, 6.45) is -0.510. The van der Waals surface area contributed by atoms with Gasteiger partial charge in [-0.2, -0.15) is 10.2 Å². The van der Waals surface area contributed by atoms with Gasteiger partial charge in [-0.15, -0.1) is 0 Å². The van der Waals surface area contributed by atoms with E-state index in [4.69, 9.17) is 4.74 Å². The molecule has 1 saturated carbocycles. The van der Waals surface area contributed by atoms with Gasteiger partial charge >= 0.3 is 5.97 Å². The van der Waals surface area contributed by atoms with Gasteiger partial charge in [-0.1, -0.05) is 0 Å². The second-order valence-electron chi connectivity index (χ2n) is 8.45. The summed E-state index contributed by atoms with van der Waals surface area (Å²) in [6, 6.07) is 15.6. The van der Waals surface area contributed by atoms with Crippen molar-refractivity contribution in [1.29, 1.82) is 0 Å². The van der Waals surface area contributed by atoms with E-state index in [0.29, 0.717) is 0 Å². The highest BCUT2D eigenvalue weighted by Gasteiger charge is 2.50. The number of nitrogens with zero attached hydrogens (tertiary/aromatic N) is 2. The van der Waals surface area contributed by atoms with Crippen LogP contribution in [-0.2, 0) is 23.9 Å². The fourth-order valence-corrected chi connectivity index (χ4v) is 4.20. The van der Waals surface area contributed by atoms with Gasteiger partial charge in [0.15, 0.2) is 0 Å². The lowest BCUT2D eigenvalue weighted by atomic mass is 9.84. The number of Topliss-reactive ketones (excluding diaryl/α,β-unsaturated/α-hetero) is 2. The summed E-state index contributed by atoms with van der Waals surface area (Å²) >= 11 is 0. The highest BCUT2D eigenvalue weighted by atomic mass is 16.5. The highest BCUT2D eigenvalue weighted by molar-refractivity contribution is 5.86. The van der Waals surface area contributed by atoms with Crippen LogP contribution in [0, 0.1) is 17.8 Å². The number of aliphatic carboxylic acids is 1. The molecular weight excluding hydrogens is 464 g/mol. The summed E-state index contributed by atoms with van der Waals surface area (Å²) in [4.78, 5) is 44.3. The van der Waals surface area contributed by atoms with Crippen molar-refractivity contribution in [1.82, 2.24) is 0 Å². The van der Waals surface area contributed by atoms with Crippen LogP contribution in [0.25, 0.3) is 0 Å². The Hall–Kier alpha value is -4.08. The molecule has 4 unspecified atom stereocenters. The lowest BCUT2D eigenvalue weighted by molar-refractivity contribution is -0.149. The maximum absolute atomic E-state index is 11.4. The molecule has 36 heavy (non-hydrogen) atoms. The van der Waals surface area contributed by atoms with Crippen LogP contribution in [0.4, 0.5) is 22.7 Å². The fraction of sp³-hybridized carbons (Fsp3) is 0.385. The Morgan fingerprint density at radius 3 is 1.75 bits per heavy atom. The van der Waals surface area contributed by atoms with E-state index in [0.717, 1.165) is 22.7 Å². The first kappa shape index (κ1) is 28.2. The Balaban J connectivity index is 0.000000254. The SMILES string of the molecule is CC(=O)CC1C(OC=O)CC(C(C)=O)C1C(=O)O.CNc1ccc(N=Nc2ccc(NC)cc2)cc1. The number of benzene rings is 2. The van der Waals surface area contributed by atoms with Crippen LogP contribution in [-0.4, -0.2) is 49.3 Å². The Morgan fingerprint density at radius 1 is 0.944 bits per heavy atom. The Kier molecular flexibility index (Phi) is 10.7. The van der Waals surface area contributed by atoms with Gasteiger partial charge in [0.2, 0.25) is 0 Å². The van der Waals surface area contributed by atoms with Crippen molar-refractivity contribution in [2.45, 2.75) is 32.8 Å². The van der Waals surface area contributed by atoms with Gasteiger partial charge in [0, 0.05) is 43.7 Å². The van der Waals surface area contributed by atoms with E-state index < -0.39 is 29.8 Å². The second-order valence-corrected chi connectivity index (χ2v) is 8.45. The molecular formula is C26H32N4O6. The molecule has 1 aliphatic rings. The number of hydrogen-bond acceptors (Lipinski definition) is 9. The van der Waals surface area contributed by atoms with E-state index in [9.17, 15) is 24.3 Å². The van der Waals surface area contributed by atoms with E-state index in [2.05, 4.69) is 20.9 Å². The molecule has 0 saturated heterocycles. The molecule has 10 nitrogen and oxygen atoms in total. The molecule has 4 atom stereocenters. The van der Waals surface area contributed by atoms with Crippen LogP contribution in [0.1, 0.15) is 26.7 Å². The predicted octanol–water partition coefficient (Wildman–Crippen LogP) is 4.62. The molecule has 0 spiro atoms. The number of nitrogens with one attached hydrogen (secondary N) is 2. The van der Waals surface area contributed by atoms with Gasteiger partial charge < -0.3 is 25.3 Å². The molecule has 0 aliphatic heterocycles. The number of anilines is 2. The fourth-order valence-electron chi connectivity index (χ4n) is 4.20. The number of rotatable bonds is 10. The van der Waals surface area contributed by atoms with Gasteiger partial charge in [-0.3, -0.25) is 14.4 Å². The van der Waals surface area contributed by atoms with Crippen LogP contribution in [0.3, 0.4) is 0 Å². The molecule has 10 heteroatoms. The van der Waals surface area contributed by atoms with E-state index in [1.807, 2.05) is 62.6 Å². The third kappa shape index (κ3) is 8.00. The maximum atomic E-state index is 11.4. The van der Waals surface area contributed by atoms with Gasteiger partial charge in [0.1, 0.15) is 17.7 Å². The molecule has 2 aromatic rings. The number of ketones is 2. The predicted molar refractivity (Wildman–Crippen MR) is 136 cm³/mol. The van der Waals surface area contributed by atoms with Crippen molar-refractivity contribution in [3.63, 3.8) is 0 Å². The van der Waals surface area contributed by atoms with E-state index >= 15 is 0 Å². The Labute approximate surface area is 210 Å². The molecule has 0 radical (unpaired) electrons. The molecule has 2 aromatic carbocycles. The standard InChI is InChI=1S/C14H16N4.C12H16O6/c1-15-11-3-7-13(8-4-11)17-18-14-9-5-12(16-2)6-10-14;1-6(14)3-9-10(18-5-13)4-8(7(2)15)11(9)12(16)17/h3-10,15-16H,1-2H3;5,8-11H,3-4H2,1-2H3,(H,16,17). The van der Waals surface area contributed by atoms with E-state index in [-0.39, 0.29) is 30.9 Å². The first-order chi connectivity index (χ1) is 17.2. The van der Waals surface area contributed by atoms with Crippen molar-refractivity contribution in [3.05, 3.63) is 48.5 Å². The average Bonchev–Trinajstić information content (AvgIpc) is 3.22. The van der Waals surface area contributed by atoms with Crippen molar-refractivity contribution >= 4 is 46.8 Å². The van der Waals surface area contributed by atoms with Crippen molar-refractivity contribution in [3.8, 4) is 0 Å². The molecule has 1 aliphatic carbocycles. The minimum absolute atomic E-state index is 0.000741. The largest absolute Gasteiger partial charge is 0.481 e. The van der Waals surface area contributed by atoms with E-state index in [1.165, 1.54) is 13.8 Å². The first-order valence-electron chi connectivity index (χ1n) is 11.5. The maximum Gasteiger partial charge on any atom is 0.307 e. The molecule has 3 N–H and O–H groups in total. The number of carbonyl (C=O) groups is 4. The molecule has 0 aromatic heterocycles. The molecule has 3 rings (SSSR count). The minimum Gasteiger partial charge on any atom is -0.481 e. The van der Waals surface area contributed by atoms with Crippen LogP contribution < -0.4 is 10.6 Å². The smallest absolute Gasteiger partial charge is 0.307 e. The zero-order valence-corrected chi connectivity index (χ0v) is 20.8. The number of carboxylic acids is 1. The van der Waals surface area contributed by atoms with Gasteiger partial charge in [0.05, 0.1) is 17.3 Å². The summed E-state index contributed by atoms with van der Waals surface area (Å²) in [7, 11) is 3.78. The molecule has 1 fully saturated rings. The average molecular weight is 497 g/mol. The second kappa shape index (κ2) is 13.7. The topological polar surface area (TPSA) is 147 Å². The van der Waals surface area contributed by atoms with Crippen LogP contribution in [0.15, 0.2) is 58.8 Å². The quantitative estimate of drug-likeness (QED) is 0.319. The van der Waals surface area contributed by atoms with Crippen molar-refractivity contribution in [2.24, 2.45) is 28.0 Å². The highest BCUT2D eigenvalue weighted by Crippen LogP contribution is 2.41. The summed E-state index contributed by atoms with van der Waals surface area (Å²) in [5.41, 5.74) is 3.80. The van der Waals surface area contributed by atoms with Crippen LogP contribution >= 0.6 is 0 Å². The Morgan fingerprint density at radius 2 is 1.42 bits per heavy atom. The normalized spacial score (nSPS) is 20.7. The van der Waals surface area contributed by atoms with Gasteiger partial charge in [-0.25, -0.2) is 0 Å².